The predicted molar refractivity (Wildman–Crippen MR) is 70.9 cm³/mol. The van der Waals surface area contributed by atoms with Gasteiger partial charge in [0.05, 0.1) is 17.1 Å². The molecule has 0 heterocycles. The summed E-state index contributed by atoms with van der Waals surface area (Å²) in [7, 11) is 0. The van der Waals surface area contributed by atoms with Crippen molar-refractivity contribution >= 4 is 17.1 Å². The first-order valence-electron chi connectivity index (χ1n) is 5.25. The van der Waals surface area contributed by atoms with Crippen LogP contribution in [0.15, 0.2) is 36.4 Å². The van der Waals surface area contributed by atoms with Crippen molar-refractivity contribution in [3.05, 3.63) is 42.0 Å². The minimum atomic E-state index is 0.390. The molecule has 0 bridgehead atoms. The number of hydrogen-bond donors (Lipinski definition) is 3. The number of nitrogen functional groups attached to an aromatic ring is 3. The Morgan fingerprint density at radius 2 is 1.35 bits per heavy atom. The van der Waals surface area contributed by atoms with E-state index in [4.69, 9.17) is 21.9 Å². The fourth-order valence-corrected chi connectivity index (χ4v) is 1.47. The second kappa shape index (κ2) is 4.25. The van der Waals surface area contributed by atoms with Gasteiger partial charge in [-0.25, -0.2) is 0 Å². The molecule has 88 valence electrons. The van der Waals surface area contributed by atoms with E-state index >= 15 is 0 Å². The summed E-state index contributed by atoms with van der Waals surface area (Å²) in [5, 5.41) is 0. The summed E-state index contributed by atoms with van der Waals surface area (Å²) in [5.74, 6) is 1.32. The number of aryl methyl sites for hydroxylation is 1. The molecule has 0 amide bonds. The first kappa shape index (κ1) is 11.1. The molecule has 2 rings (SSSR count). The molecular formula is C13H15N3O. The van der Waals surface area contributed by atoms with Crippen molar-refractivity contribution in [2.24, 2.45) is 0 Å². The standard InChI is InChI=1S/C13H15N3O/c1-8-2-4-9(5-3-8)17-10-6-11(14)13(16)12(15)7-10/h2-7H,14-16H2,1H3. The third-order valence-electron chi connectivity index (χ3n) is 2.47. The van der Waals surface area contributed by atoms with E-state index in [0.717, 1.165) is 5.75 Å². The number of nitrogens with two attached hydrogens (primary N) is 3. The van der Waals surface area contributed by atoms with Gasteiger partial charge in [-0.3, -0.25) is 0 Å². The van der Waals surface area contributed by atoms with Crippen LogP contribution in [0.2, 0.25) is 0 Å². The van der Waals surface area contributed by atoms with Crippen molar-refractivity contribution in [3.63, 3.8) is 0 Å². The van der Waals surface area contributed by atoms with E-state index in [0.29, 0.717) is 22.8 Å². The Morgan fingerprint density at radius 3 is 1.88 bits per heavy atom. The van der Waals surface area contributed by atoms with Gasteiger partial charge in [0.25, 0.3) is 0 Å². The molecule has 2 aromatic carbocycles. The SMILES string of the molecule is Cc1ccc(Oc2cc(N)c(N)c(N)c2)cc1. The zero-order chi connectivity index (χ0) is 12.4. The van der Waals surface area contributed by atoms with Crippen molar-refractivity contribution < 1.29 is 4.74 Å². The van der Waals surface area contributed by atoms with Gasteiger partial charge in [-0.05, 0) is 19.1 Å². The molecular weight excluding hydrogens is 214 g/mol. The Bertz CT molecular complexity index is 512. The second-order valence-corrected chi connectivity index (χ2v) is 3.93. The van der Waals surface area contributed by atoms with Gasteiger partial charge in [0, 0.05) is 12.1 Å². The van der Waals surface area contributed by atoms with Crippen LogP contribution in [0.4, 0.5) is 17.1 Å². The molecule has 0 atom stereocenters. The van der Waals surface area contributed by atoms with Crippen LogP contribution in [-0.4, -0.2) is 0 Å². The van der Waals surface area contributed by atoms with Gasteiger partial charge >= 0.3 is 0 Å². The Balaban J connectivity index is 2.27. The Hall–Kier alpha value is -2.36. The molecule has 6 N–H and O–H groups in total. The molecule has 17 heavy (non-hydrogen) atoms. The van der Waals surface area contributed by atoms with Crippen molar-refractivity contribution in [2.45, 2.75) is 6.92 Å². The molecule has 0 fully saturated rings. The molecule has 0 spiro atoms. The van der Waals surface area contributed by atoms with Gasteiger partial charge in [-0.1, -0.05) is 17.7 Å². The summed E-state index contributed by atoms with van der Waals surface area (Å²) >= 11 is 0. The maximum absolute atomic E-state index is 5.71. The Morgan fingerprint density at radius 1 is 0.824 bits per heavy atom. The van der Waals surface area contributed by atoms with Gasteiger partial charge in [-0.2, -0.15) is 0 Å². The molecule has 4 nitrogen and oxygen atoms in total. The largest absolute Gasteiger partial charge is 0.457 e. The van der Waals surface area contributed by atoms with Gasteiger partial charge in [0.2, 0.25) is 0 Å². The fraction of sp³-hybridized carbons (Fsp3) is 0.0769. The number of rotatable bonds is 2. The zero-order valence-electron chi connectivity index (χ0n) is 9.60. The van der Waals surface area contributed by atoms with Crippen LogP contribution < -0.4 is 21.9 Å². The second-order valence-electron chi connectivity index (χ2n) is 3.93. The lowest BCUT2D eigenvalue weighted by Gasteiger charge is -2.10. The van der Waals surface area contributed by atoms with Crippen LogP contribution in [0.3, 0.4) is 0 Å². The lowest BCUT2D eigenvalue weighted by Crippen LogP contribution is -2.00. The molecule has 0 saturated heterocycles. The van der Waals surface area contributed by atoms with Gasteiger partial charge in [0.15, 0.2) is 0 Å². The topological polar surface area (TPSA) is 87.3 Å². The molecule has 0 aliphatic rings. The van der Waals surface area contributed by atoms with E-state index in [-0.39, 0.29) is 0 Å². The zero-order valence-corrected chi connectivity index (χ0v) is 9.60. The van der Waals surface area contributed by atoms with E-state index in [1.165, 1.54) is 5.56 Å². The predicted octanol–water partition coefficient (Wildman–Crippen LogP) is 2.53. The third kappa shape index (κ3) is 2.42. The maximum atomic E-state index is 5.71. The lowest BCUT2D eigenvalue weighted by atomic mass is 10.2. The summed E-state index contributed by atoms with van der Waals surface area (Å²) in [4.78, 5) is 0. The van der Waals surface area contributed by atoms with Crippen LogP contribution >= 0.6 is 0 Å². The minimum absolute atomic E-state index is 0.390. The van der Waals surface area contributed by atoms with Crippen LogP contribution in [0, 0.1) is 6.92 Å². The van der Waals surface area contributed by atoms with Crippen LogP contribution in [0.25, 0.3) is 0 Å². The molecule has 4 heteroatoms. The highest BCUT2D eigenvalue weighted by atomic mass is 16.5. The molecule has 0 radical (unpaired) electrons. The molecule has 2 aromatic rings. The van der Waals surface area contributed by atoms with Crippen molar-refractivity contribution in [2.75, 3.05) is 17.2 Å². The smallest absolute Gasteiger partial charge is 0.131 e. The van der Waals surface area contributed by atoms with Crippen molar-refractivity contribution in [3.8, 4) is 11.5 Å². The van der Waals surface area contributed by atoms with Gasteiger partial charge < -0.3 is 21.9 Å². The molecule has 0 unspecified atom stereocenters. The van der Waals surface area contributed by atoms with Gasteiger partial charge in [0.1, 0.15) is 11.5 Å². The minimum Gasteiger partial charge on any atom is -0.457 e. The monoisotopic (exact) mass is 229 g/mol. The number of anilines is 3. The van der Waals surface area contributed by atoms with Crippen LogP contribution in [-0.2, 0) is 0 Å². The molecule has 0 aromatic heterocycles. The van der Waals surface area contributed by atoms with E-state index < -0.39 is 0 Å². The van der Waals surface area contributed by atoms with E-state index in [2.05, 4.69) is 0 Å². The number of ether oxygens (including phenoxy) is 1. The normalized spacial score (nSPS) is 10.2. The Labute approximate surface area is 100.0 Å². The van der Waals surface area contributed by atoms with Crippen molar-refractivity contribution in [1.82, 2.24) is 0 Å². The van der Waals surface area contributed by atoms with E-state index in [9.17, 15) is 0 Å². The highest BCUT2D eigenvalue weighted by molar-refractivity contribution is 5.79. The summed E-state index contributed by atoms with van der Waals surface area (Å²) in [5.41, 5.74) is 19.5. The summed E-state index contributed by atoms with van der Waals surface area (Å²) in [6.07, 6.45) is 0. The Kier molecular flexibility index (Phi) is 2.78. The number of benzene rings is 2. The summed E-state index contributed by atoms with van der Waals surface area (Å²) in [6.45, 7) is 2.02. The van der Waals surface area contributed by atoms with Crippen LogP contribution in [0.5, 0.6) is 11.5 Å². The van der Waals surface area contributed by atoms with Crippen molar-refractivity contribution in [1.29, 1.82) is 0 Å². The molecule has 0 saturated carbocycles. The average molecular weight is 229 g/mol. The molecule has 0 aliphatic heterocycles. The number of hydrogen-bond acceptors (Lipinski definition) is 4. The third-order valence-corrected chi connectivity index (χ3v) is 2.47. The maximum Gasteiger partial charge on any atom is 0.131 e. The highest BCUT2D eigenvalue weighted by Crippen LogP contribution is 2.31. The van der Waals surface area contributed by atoms with Gasteiger partial charge in [-0.15, -0.1) is 0 Å². The summed E-state index contributed by atoms with van der Waals surface area (Å²) < 4.78 is 5.63. The highest BCUT2D eigenvalue weighted by Gasteiger charge is 2.04. The van der Waals surface area contributed by atoms with E-state index in [1.54, 1.807) is 12.1 Å². The summed E-state index contributed by atoms with van der Waals surface area (Å²) in [6, 6.07) is 11.0. The average Bonchev–Trinajstić information content (AvgIpc) is 2.29. The first-order chi connectivity index (χ1) is 8.06. The first-order valence-corrected chi connectivity index (χ1v) is 5.25. The van der Waals surface area contributed by atoms with E-state index in [1.807, 2.05) is 31.2 Å². The van der Waals surface area contributed by atoms with Crippen LogP contribution in [0.1, 0.15) is 5.56 Å². The fourth-order valence-electron chi connectivity index (χ4n) is 1.47. The molecule has 0 aliphatic carbocycles. The lowest BCUT2D eigenvalue weighted by molar-refractivity contribution is 0.483. The quantitative estimate of drug-likeness (QED) is 0.690.